The smallest absolute Gasteiger partial charge is 0.258 e. The Morgan fingerprint density at radius 1 is 1.20 bits per heavy atom. The lowest BCUT2D eigenvalue weighted by Crippen LogP contribution is -1.88. The van der Waals surface area contributed by atoms with Gasteiger partial charge in [0.15, 0.2) is 11.6 Å². The molecule has 0 unspecified atom stereocenters. The molecule has 3 aromatic rings. The second kappa shape index (κ2) is 4.61. The van der Waals surface area contributed by atoms with E-state index in [1.807, 2.05) is 0 Å². The van der Waals surface area contributed by atoms with Gasteiger partial charge in [-0.05, 0) is 18.2 Å². The van der Waals surface area contributed by atoms with Crippen LogP contribution in [0.3, 0.4) is 0 Å². The Bertz CT molecular complexity index is 832. The maximum Gasteiger partial charge on any atom is 0.271 e. The van der Waals surface area contributed by atoms with E-state index in [-0.39, 0.29) is 16.3 Å². The van der Waals surface area contributed by atoms with Crippen LogP contribution in [-0.2, 0) is 0 Å². The van der Waals surface area contributed by atoms with Gasteiger partial charge in [-0.3, -0.25) is 10.1 Å². The average Bonchev–Trinajstić information content (AvgIpc) is 2.84. The number of halogens is 2. The van der Waals surface area contributed by atoms with Crippen molar-refractivity contribution in [2.75, 3.05) is 0 Å². The van der Waals surface area contributed by atoms with Gasteiger partial charge in [0, 0.05) is 17.7 Å². The van der Waals surface area contributed by atoms with Gasteiger partial charge in [-0.25, -0.2) is 13.8 Å². The summed E-state index contributed by atoms with van der Waals surface area (Å²) >= 11 is 1.15. The first kappa shape index (κ1) is 12.6. The average molecular weight is 292 g/mol. The van der Waals surface area contributed by atoms with Crippen molar-refractivity contribution >= 4 is 27.2 Å². The van der Waals surface area contributed by atoms with Crippen molar-refractivity contribution < 1.29 is 13.7 Å². The number of fused-ring (bicyclic) bond motifs is 1. The molecule has 1 aromatic heterocycles. The number of nitro benzene ring substituents is 1. The largest absolute Gasteiger partial charge is 0.271 e. The first-order valence-corrected chi connectivity index (χ1v) is 6.37. The van der Waals surface area contributed by atoms with Crippen LogP contribution in [0.1, 0.15) is 0 Å². The summed E-state index contributed by atoms with van der Waals surface area (Å²) in [6, 6.07) is 8.05. The maximum atomic E-state index is 13.7. The highest BCUT2D eigenvalue weighted by Crippen LogP contribution is 2.33. The van der Waals surface area contributed by atoms with Gasteiger partial charge in [0.1, 0.15) is 5.01 Å². The maximum absolute atomic E-state index is 13.7. The second-order valence-corrected chi connectivity index (χ2v) is 5.06. The Balaban J connectivity index is 2.18. The van der Waals surface area contributed by atoms with Gasteiger partial charge in [-0.15, -0.1) is 11.3 Å². The van der Waals surface area contributed by atoms with Crippen LogP contribution in [0.4, 0.5) is 14.5 Å². The lowest BCUT2D eigenvalue weighted by atomic mass is 10.2. The van der Waals surface area contributed by atoms with E-state index in [0.29, 0.717) is 10.2 Å². The Hall–Kier alpha value is -2.41. The second-order valence-electron chi connectivity index (χ2n) is 4.03. The normalized spacial score (nSPS) is 10.9. The minimum atomic E-state index is -0.971. The number of hydrogen-bond acceptors (Lipinski definition) is 4. The van der Waals surface area contributed by atoms with Crippen molar-refractivity contribution in [1.82, 2.24) is 4.98 Å². The molecule has 0 aliphatic rings. The first-order valence-electron chi connectivity index (χ1n) is 5.55. The zero-order chi connectivity index (χ0) is 14.3. The highest BCUT2D eigenvalue weighted by Gasteiger charge is 2.15. The third-order valence-electron chi connectivity index (χ3n) is 2.76. The van der Waals surface area contributed by atoms with E-state index < -0.39 is 16.6 Å². The minimum Gasteiger partial charge on any atom is -0.258 e. The molecule has 0 saturated carbocycles. The lowest BCUT2D eigenvalue weighted by Gasteiger charge is -1.98. The Morgan fingerprint density at radius 3 is 2.75 bits per heavy atom. The van der Waals surface area contributed by atoms with E-state index in [9.17, 15) is 18.9 Å². The molecule has 100 valence electrons. The molecule has 4 nitrogen and oxygen atoms in total. The predicted molar refractivity (Wildman–Crippen MR) is 71.6 cm³/mol. The number of thiazole rings is 1. The molecule has 0 fully saturated rings. The van der Waals surface area contributed by atoms with Gasteiger partial charge in [0.2, 0.25) is 0 Å². The van der Waals surface area contributed by atoms with Gasteiger partial charge < -0.3 is 0 Å². The number of aromatic nitrogens is 1. The fourth-order valence-electron chi connectivity index (χ4n) is 1.81. The molecule has 0 bridgehead atoms. The van der Waals surface area contributed by atoms with E-state index in [0.717, 1.165) is 17.4 Å². The number of nitrogens with zero attached hydrogens (tertiary/aromatic N) is 2. The van der Waals surface area contributed by atoms with Crippen LogP contribution in [0.15, 0.2) is 36.4 Å². The van der Waals surface area contributed by atoms with Crippen molar-refractivity contribution in [3.63, 3.8) is 0 Å². The van der Waals surface area contributed by atoms with Gasteiger partial charge in [-0.1, -0.05) is 6.07 Å². The molecule has 0 radical (unpaired) electrons. The molecule has 0 aliphatic heterocycles. The number of hydrogen-bond donors (Lipinski definition) is 0. The fraction of sp³-hybridized carbons (Fsp3) is 0. The van der Waals surface area contributed by atoms with Crippen LogP contribution < -0.4 is 0 Å². The summed E-state index contributed by atoms with van der Waals surface area (Å²) in [6.45, 7) is 0. The molecule has 0 amide bonds. The summed E-state index contributed by atoms with van der Waals surface area (Å²) in [7, 11) is 0. The summed E-state index contributed by atoms with van der Waals surface area (Å²) in [5, 5.41) is 11.0. The van der Waals surface area contributed by atoms with E-state index in [1.54, 1.807) is 6.07 Å². The highest BCUT2D eigenvalue weighted by molar-refractivity contribution is 7.21. The van der Waals surface area contributed by atoms with Crippen molar-refractivity contribution in [2.45, 2.75) is 0 Å². The van der Waals surface area contributed by atoms with E-state index >= 15 is 0 Å². The molecule has 3 rings (SSSR count). The van der Waals surface area contributed by atoms with Crippen LogP contribution in [0.5, 0.6) is 0 Å². The standard InChI is InChI=1S/C13H6F2N2O2S/c14-9-3-1-2-8(12(9)15)13-16-10-6-7(17(18)19)4-5-11(10)20-13/h1-6H. The van der Waals surface area contributed by atoms with Crippen molar-refractivity contribution in [3.05, 3.63) is 58.1 Å². The summed E-state index contributed by atoms with van der Waals surface area (Å²) in [5.74, 6) is -1.92. The Morgan fingerprint density at radius 2 is 2.00 bits per heavy atom. The van der Waals surface area contributed by atoms with Gasteiger partial charge >= 0.3 is 0 Å². The minimum absolute atomic E-state index is 0.0499. The number of rotatable bonds is 2. The molecule has 0 saturated heterocycles. The molecule has 0 aliphatic carbocycles. The summed E-state index contributed by atoms with van der Waals surface area (Å²) in [5.41, 5.74) is 0.353. The van der Waals surface area contributed by atoms with Gasteiger partial charge in [0.25, 0.3) is 5.69 Å². The van der Waals surface area contributed by atoms with Crippen molar-refractivity contribution in [2.24, 2.45) is 0 Å². The predicted octanol–water partition coefficient (Wildman–Crippen LogP) is 4.15. The number of non-ortho nitro benzene ring substituents is 1. The zero-order valence-electron chi connectivity index (χ0n) is 9.84. The third kappa shape index (κ3) is 2.01. The van der Waals surface area contributed by atoms with Crippen molar-refractivity contribution in [1.29, 1.82) is 0 Å². The number of benzene rings is 2. The van der Waals surface area contributed by atoms with Crippen LogP contribution in [0.25, 0.3) is 20.8 Å². The van der Waals surface area contributed by atoms with E-state index in [2.05, 4.69) is 4.98 Å². The van der Waals surface area contributed by atoms with E-state index in [4.69, 9.17) is 0 Å². The molecule has 0 atom stereocenters. The fourth-order valence-corrected chi connectivity index (χ4v) is 2.78. The molecular weight excluding hydrogens is 286 g/mol. The molecule has 2 aromatic carbocycles. The van der Waals surface area contributed by atoms with Crippen LogP contribution in [0.2, 0.25) is 0 Å². The summed E-state index contributed by atoms with van der Waals surface area (Å²) in [4.78, 5) is 14.3. The zero-order valence-corrected chi connectivity index (χ0v) is 10.7. The highest BCUT2D eigenvalue weighted by atomic mass is 32.1. The van der Waals surface area contributed by atoms with Crippen LogP contribution in [-0.4, -0.2) is 9.91 Å². The van der Waals surface area contributed by atoms with E-state index in [1.165, 1.54) is 24.3 Å². The van der Waals surface area contributed by atoms with Crippen LogP contribution in [0, 0.1) is 21.7 Å². The molecule has 20 heavy (non-hydrogen) atoms. The molecule has 7 heteroatoms. The van der Waals surface area contributed by atoms with Gasteiger partial charge in [-0.2, -0.15) is 0 Å². The quantitative estimate of drug-likeness (QED) is 0.526. The lowest BCUT2D eigenvalue weighted by molar-refractivity contribution is -0.384. The number of nitro groups is 1. The summed E-state index contributed by atoms with van der Waals surface area (Å²) < 4.78 is 27.6. The molecule has 0 N–H and O–H groups in total. The Labute approximate surface area is 115 Å². The first-order chi connectivity index (χ1) is 9.56. The molecule has 1 heterocycles. The van der Waals surface area contributed by atoms with Gasteiger partial charge in [0.05, 0.1) is 15.1 Å². The van der Waals surface area contributed by atoms with Crippen LogP contribution >= 0.6 is 11.3 Å². The SMILES string of the molecule is O=[N+]([O-])c1ccc2sc(-c3cccc(F)c3F)nc2c1. The van der Waals surface area contributed by atoms with Crippen molar-refractivity contribution in [3.8, 4) is 10.6 Å². The Kier molecular flexibility index (Phi) is 2.90. The topological polar surface area (TPSA) is 56.0 Å². The molecular formula is C13H6F2N2O2S. The monoisotopic (exact) mass is 292 g/mol. The summed E-state index contributed by atoms with van der Waals surface area (Å²) in [6.07, 6.45) is 0. The molecule has 0 spiro atoms. The third-order valence-corrected chi connectivity index (χ3v) is 3.83.